The van der Waals surface area contributed by atoms with Gasteiger partial charge in [-0.25, -0.2) is 4.98 Å². The number of nitrogens with two attached hydrogens (primary N) is 1. The number of nitrogen functional groups attached to an aromatic ring is 1. The number of anilines is 1. The highest BCUT2D eigenvalue weighted by molar-refractivity contribution is 14.1. The van der Waals surface area contributed by atoms with Crippen molar-refractivity contribution in [3.05, 3.63) is 62.3 Å². The molecule has 0 radical (unpaired) electrons. The number of halogens is 2. The molecule has 0 aliphatic rings. The first-order valence-electron chi connectivity index (χ1n) is 6.95. The third-order valence-corrected chi connectivity index (χ3v) is 4.88. The molecule has 118 valence electrons. The predicted molar refractivity (Wildman–Crippen MR) is 106 cm³/mol. The van der Waals surface area contributed by atoms with E-state index in [9.17, 15) is 10.4 Å². The van der Waals surface area contributed by atoms with Gasteiger partial charge in [-0.2, -0.15) is 5.26 Å². The summed E-state index contributed by atoms with van der Waals surface area (Å²) < 4.78 is 1.48. The molecule has 0 saturated heterocycles. The van der Waals surface area contributed by atoms with Crippen LogP contribution in [0.5, 0.6) is 5.75 Å². The maximum absolute atomic E-state index is 10.6. The number of rotatable bonds is 2. The average molecular weight is 492 g/mol. The molecule has 0 atom stereocenters. The Hall–Kier alpha value is -2.11. The van der Waals surface area contributed by atoms with E-state index < -0.39 is 0 Å². The van der Waals surface area contributed by atoms with E-state index in [2.05, 4.69) is 49.6 Å². The molecule has 0 saturated carbocycles. The minimum absolute atomic E-state index is 0.109. The maximum Gasteiger partial charge on any atom is 0.141 e. The Balaban J connectivity index is 2.43. The number of nitriles is 1. The molecular weight excluding hydrogens is 481 g/mol. The number of aromatic hydroxyl groups is 1. The van der Waals surface area contributed by atoms with Gasteiger partial charge >= 0.3 is 0 Å². The predicted octanol–water partition coefficient (Wildman–Crippen LogP) is 4.94. The van der Waals surface area contributed by atoms with E-state index in [0.29, 0.717) is 14.7 Å². The van der Waals surface area contributed by atoms with Crippen molar-refractivity contribution in [2.45, 2.75) is 0 Å². The van der Waals surface area contributed by atoms with Crippen LogP contribution in [0.4, 0.5) is 5.82 Å². The van der Waals surface area contributed by atoms with E-state index in [-0.39, 0.29) is 17.1 Å². The summed E-state index contributed by atoms with van der Waals surface area (Å²) in [6, 6.07) is 15.3. The fraction of sp³-hybridized carbons (Fsp3) is 0. The number of pyridine rings is 1. The van der Waals surface area contributed by atoms with Crippen LogP contribution in [0.25, 0.3) is 22.3 Å². The van der Waals surface area contributed by atoms with Crippen molar-refractivity contribution < 1.29 is 5.11 Å². The number of benzene rings is 2. The van der Waals surface area contributed by atoms with Gasteiger partial charge in [0, 0.05) is 27.4 Å². The molecule has 3 aromatic rings. The fourth-order valence-corrected chi connectivity index (χ4v) is 4.02. The minimum atomic E-state index is 0.109. The zero-order chi connectivity index (χ0) is 17.3. The minimum Gasteiger partial charge on any atom is -0.506 e. The Morgan fingerprint density at radius 1 is 1.17 bits per heavy atom. The number of nitrogens with zero attached hydrogens (tertiary/aromatic N) is 2. The Labute approximate surface area is 161 Å². The van der Waals surface area contributed by atoms with Crippen LogP contribution in [0.2, 0.25) is 0 Å². The number of hydrogen-bond donors (Lipinski definition) is 2. The molecule has 3 N–H and O–H groups in total. The van der Waals surface area contributed by atoms with Gasteiger partial charge in [-0.15, -0.1) is 0 Å². The van der Waals surface area contributed by atoms with Crippen LogP contribution in [0.3, 0.4) is 0 Å². The molecule has 6 heteroatoms. The van der Waals surface area contributed by atoms with Crippen molar-refractivity contribution in [3.8, 4) is 34.1 Å². The summed E-state index contributed by atoms with van der Waals surface area (Å²) in [7, 11) is 0. The summed E-state index contributed by atoms with van der Waals surface area (Å²) in [5, 5.41) is 20.2. The summed E-state index contributed by atoms with van der Waals surface area (Å²) >= 11 is 5.50. The van der Waals surface area contributed by atoms with E-state index in [1.165, 1.54) is 0 Å². The normalized spacial score (nSPS) is 10.4. The number of hydrogen-bond acceptors (Lipinski definition) is 4. The SMILES string of the molecule is N#Cc1c(N)ncc(-c2ccccc2)c1-c1cc(Br)cc(I)c1O. The zero-order valence-corrected chi connectivity index (χ0v) is 16.0. The molecule has 24 heavy (non-hydrogen) atoms. The lowest BCUT2D eigenvalue weighted by atomic mass is 9.92. The van der Waals surface area contributed by atoms with Crippen molar-refractivity contribution in [2.24, 2.45) is 0 Å². The van der Waals surface area contributed by atoms with Crippen LogP contribution in [-0.2, 0) is 0 Å². The summed E-state index contributed by atoms with van der Waals surface area (Å²) in [4.78, 5) is 4.15. The molecule has 0 aliphatic heterocycles. The molecule has 1 aromatic heterocycles. The van der Waals surface area contributed by atoms with Crippen molar-refractivity contribution in [2.75, 3.05) is 5.73 Å². The monoisotopic (exact) mass is 491 g/mol. The van der Waals surface area contributed by atoms with Crippen LogP contribution < -0.4 is 5.73 Å². The molecule has 4 nitrogen and oxygen atoms in total. The quantitative estimate of drug-likeness (QED) is 0.497. The first-order chi connectivity index (χ1) is 11.5. The highest BCUT2D eigenvalue weighted by Crippen LogP contribution is 2.43. The van der Waals surface area contributed by atoms with Gasteiger partial charge in [0.25, 0.3) is 0 Å². The zero-order valence-electron chi connectivity index (χ0n) is 12.3. The van der Waals surface area contributed by atoms with Crippen molar-refractivity contribution >= 4 is 44.3 Å². The smallest absolute Gasteiger partial charge is 0.141 e. The first kappa shape index (κ1) is 16.7. The van der Waals surface area contributed by atoms with Gasteiger partial charge in [0.05, 0.1) is 3.57 Å². The van der Waals surface area contributed by atoms with Crippen molar-refractivity contribution in [3.63, 3.8) is 0 Å². The standard InChI is InChI=1S/C18H11BrIN3O/c19-11-6-12(17(24)15(20)7-11)16-13(8-21)18(22)23-9-14(16)10-4-2-1-3-5-10/h1-7,9,24H,(H2,22,23). The van der Waals surface area contributed by atoms with Gasteiger partial charge in [-0.05, 0) is 40.3 Å². The number of aromatic nitrogens is 1. The molecule has 0 bridgehead atoms. The van der Waals surface area contributed by atoms with E-state index in [1.807, 2.05) is 30.3 Å². The van der Waals surface area contributed by atoms with Gasteiger partial charge in [-0.1, -0.05) is 46.3 Å². The molecule has 0 aliphatic carbocycles. The average Bonchev–Trinajstić information content (AvgIpc) is 2.58. The van der Waals surface area contributed by atoms with E-state index in [1.54, 1.807) is 18.3 Å². The van der Waals surface area contributed by atoms with Gasteiger partial charge < -0.3 is 10.8 Å². The Kier molecular flexibility index (Phi) is 4.73. The molecule has 3 rings (SSSR count). The van der Waals surface area contributed by atoms with Crippen LogP contribution in [0, 0.1) is 14.9 Å². The Bertz CT molecular complexity index is 968. The Morgan fingerprint density at radius 3 is 2.54 bits per heavy atom. The summed E-state index contributed by atoms with van der Waals surface area (Å²) in [5.74, 6) is 0.250. The fourth-order valence-electron chi connectivity index (χ4n) is 2.51. The lowest BCUT2D eigenvalue weighted by Gasteiger charge is -2.15. The molecule has 0 unspecified atom stereocenters. The molecule has 0 fully saturated rings. The van der Waals surface area contributed by atoms with Crippen LogP contribution in [0.1, 0.15) is 5.56 Å². The van der Waals surface area contributed by atoms with Crippen LogP contribution in [-0.4, -0.2) is 10.1 Å². The van der Waals surface area contributed by atoms with Gasteiger partial charge in [0.2, 0.25) is 0 Å². The Morgan fingerprint density at radius 2 is 1.88 bits per heavy atom. The summed E-state index contributed by atoms with van der Waals surface area (Å²) in [6.07, 6.45) is 1.63. The highest BCUT2D eigenvalue weighted by Gasteiger charge is 2.20. The van der Waals surface area contributed by atoms with Crippen molar-refractivity contribution in [1.29, 1.82) is 5.26 Å². The van der Waals surface area contributed by atoms with E-state index in [4.69, 9.17) is 5.73 Å². The van der Waals surface area contributed by atoms with Crippen molar-refractivity contribution in [1.82, 2.24) is 4.98 Å². The summed E-state index contributed by atoms with van der Waals surface area (Å²) in [6.45, 7) is 0. The molecule has 1 heterocycles. The second-order valence-corrected chi connectivity index (χ2v) is 7.15. The number of phenolic OH excluding ortho intramolecular Hbond substituents is 1. The second-order valence-electron chi connectivity index (χ2n) is 5.07. The van der Waals surface area contributed by atoms with Gasteiger partial charge in [0.1, 0.15) is 23.2 Å². The highest BCUT2D eigenvalue weighted by atomic mass is 127. The lowest BCUT2D eigenvalue weighted by Crippen LogP contribution is -2.00. The maximum atomic E-state index is 10.6. The molecule has 0 spiro atoms. The number of phenols is 1. The van der Waals surface area contributed by atoms with Gasteiger partial charge in [-0.3, -0.25) is 0 Å². The van der Waals surface area contributed by atoms with E-state index >= 15 is 0 Å². The summed E-state index contributed by atoms with van der Waals surface area (Å²) in [5.41, 5.74) is 8.92. The third kappa shape index (κ3) is 2.97. The first-order valence-corrected chi connectivity index (χ1v) is 8.82. The largest absolute Gasteiger partial charge is 0.506 e. The van der Waals surface area contributed by atoms with Crippen LogP contribution in [0.15, 0.2) is 53.1 Å². The second kappa shape index (κ2) is 6.79. The molecule has 0 amide bonds. The topological polar surface area (TPSA) is 82.9 Å². The van der Waals surface area contributed by atoms with Gasteiger partial charge in [0.15, 0.2) is 0 Å². The molecule has 2 aromatic carbocycles. The van der Waals surface area contributed by atoms with E-state index in [0.717, 1.165) is 15.6 Å². The lowest BCUT2D eigenvalue weighted by molar-refractivity contribution is 0.473. The van der Waals surface area contributed by atoms with Crippen LogP contribution >= 0.6 is 38.5 Å². The molecular formula is C18H11BrIN3O. The third-order valence-electron chi connectivity index (χ3n) is 3.60.